The number of aromatic amines is 2. The van der Waals surface area contributed by atoms with E-state index in [9.17, 15) is 24.0 Å². The summed E-state index contributed by atoms with van der Waals surface area (Å²) in [5.41, 5.74) is 2.08. The van der Waals surface area contributed by atoms with Gasteiger partial charge in [0.25, 0.3) is 16.9 Å². The highest BCUT2D eigenvalue weighted by atomic mass is 128. The van der Waals surface area contributed by atoms with Gasteiger partial charge in [0, 0.05) is 124 Å². The minimum Gasteiger partial charge on any atom is -0.444 e. The molecule has 49 heavy (non-hydrogen) atoms. The van der Waals surface area contributed by atoms with E-state index < -0.39 is 22.7 Å². The van der Waals surface area contributed by atoms with Crippen LogP contribution in [0.3, 0.4) is 0 Å². The van der Waals surface area contributed by atoms with Crippen molar-refractivity contribution in [3.05, 3.63) is 72.1 Å². The molecule has 4 aromatic rings. The smallest absolute Gasteiger partial charge is 0.410 e. The largest absolute Gasteiger partial charge is 0.444 e. The summed E-state index contributed by atoms with van der Waals surface area (Å²) in [5, 5.41) is 6.90. The van der Waals surface area contributed by atoms with Crippen molar-refractivity contribution in [3.63, 3.8) is 0 Å². The number of halogens is 4. The molecular formula is C33H40ClI3N6O6. The number of nitrogens with zero attached hydrogens (tertiary/aromatic N) is 2. The summed E-state index contributed by atoms with van der Waals surface area (Å²) in [6, 6.07) is 14.7. The number of piperazine rings is 2. The van der Waals surface area contributed by atoms with Crippen LogP contribution in [0.25, 0.3) is 21.8 Å². The monoisotopic (exact) mass is 1030 g/mol. The van der Waals surface area contributed by atoms with Crippen LogP contribution in [0.1, 0.15) is 41.5 Å². The number of nitrogens with one attached hydrogen (secondary N) is 4. The molecule has 0 atom stereocenters. The number of H-pyrrole nitrogens is 2. The fourth-order valence-corrected chi connectivity index (χ4v) is 5.03. The number of aromatic nitrogens is 2. The zero-order valence-electron chi connectivity index (χ0n) is 27.3. The van der Waals surface area contributed by atoms with Gasteiger partial charge in [0.05, 0.1) is 11.1 Å². The second-order valence-corrected chi connectivity index (χ2v) is 12.0. The fourth-order valence-electron chi connectivity index (χ4n) is 4.93. The van der Waals surface area contributed by atoms with Gasteiger partial charge in [-0.05, 0) is 44.5 Å². The van der Waals surface area contributed by atoms with Crippen LogP contribution in [0.2, 0.25) is 0 Å². The van der Waals surface area contributed by atoms with E-state index in [-0.39, 0.29) is 35.7 Å². The first kappa shape index (κ1) is 42.8. The van der Waals surface area contributed by atoms with Gasteiger partial charge in [-0.2, -0.15) is 0 Å². The lowest BCUT2D eigenvalue weighted by Gasteiger charge is -2.30. The van der Waals surface area contributed by atoms with Gasteiger partial charge in [-0.3, -0.25) is 19.2 Å². The highest BCUT2D eigenvalue weighted by Gasteiger charge is 2.26. The average molecular weight is 1030 g/mol. The Kier molecular flexibility index (Phi) is 18.5. The van der Waals surface area contributed by atoms with Crippen molar-refractivity contribution >= 4 is 123 Å². The Hall–Kier alpha value is -2.33. The third kappa shape index (κ3) is 12.7. The first-order valence-electron chi connectivity index (χ1n) is 15.2. The van der Waals surface area contributed by atoms with Crippen molar-refractivity contribution in [2.45, 2.75) is 26.4 Å². The van der Waals surface area contributed by atoms with Gasteiger partial charge >= 0.3 is 6.09 Å². The molecule has 0 radical (unpaired) electrons. The summed E-state index contributed by atoms with van der Waals surface area (Å²) in [7, 11) is 0. The van der Waals surface area contributed by atoms with Gasteiger partial charge in [0.1, 0.15) is 5.60 Å². The van der Waals surface area contributed by atoms with Gasteiger partial charge in [-0.25, -0.2) is 4.79 Å². The molecule has 2 aliphatic heterocycles. The van der Waals surface area contributed by atoms with Crippen molar-refractivity contribution in [1.29, 1.82) is 0 Å². The number of Topliss-reactive ketones (excluding diaryl/α,β-unsaturated/α-hetero) is 2. The first-order chi connectivity index (χ1) is 23.0. The molecule has 0 bridgehead atoms. The van der Waals surface area contributed by atoms with Crippen LogP contribution in [-0.4, -0.2) is 107 Å². The normalized spacial score (nSPS) is 14.1. The molecule has 4 N–H and O–H groups in total. The lowest BCUT2D eigenvalue weighted by molar-refractivity contribution is -0.127. The van der Waals surface area contributed by atoms with Crippen LogP contribution < -0.4 is 10.6 Å². The molecule has 2 aliphatic rings. The molecule has 2 fully saturated rings. The molecule has 12 nitrogen and oxygen atoms in total. The molecule has 2 amide bonds. The third-order valence-electron chi connectivity index (χ3n) is 7.21. The first-order valence-corrected chi connectivity index (χ1v) is 21.9. The second kappa shape index (κ2) is 21.1. The predicted octanol–water partition coefficient (Wildman–Crippen LogP) is 6.11. The summed E-state index contributed by atoms with van der Waals surface area (Å²) in [6.07, 6.45) is 2.91. The van der Waals surface area contributed by atoms with Crippen molar-refractivity contribution in [1.82, 2.24) is 30.4 Å². The van der Waals surface area contributed by atoms with Crippen LogP contribution in [0.4, 0.5) is 4.79 Å². The van der Waals surface area contributed by atoms with Crippen LogP contribution in [-0.2, 0) is 14.3 Å². The number of carbonyl (C=O) groups excluding carboxylic acids is 5. The Morgan fingerprint density at radius 3 is 1.53 bits per heavy atom. The van der Waals surface area contributed by atoms with Crippen LogP contribution in [0, 0.1) is 0 Å². The van der Waals surface area contributed by atoms with Gasteiger partial charge in [0.2, 0.25) is 5.78 Å². The number of hydrogen-bond donors (Lipinski definition) is 4. The second-order valence-electron chi connectivity index (χ2n) is 11.7. The predicted molar refractivity (Wildman–Crippen MR) is 220 cm³/mol. The number of amides is 2. The SMILES string of the molecule is CC(C)(C)OC(=O)N1CCNCC1.I.II.O=C(C(=O)N1CCNCC1)c1c[nH]c2ccccc12.O=C(Cl)C(=O)c1c[nH]c2ccccc12. The van der Waals surface area contributed by atoms with Crippen molar-refractivity contribution in [2.75, 3.05) is 52.4 Å². The van der Waals surface area contributed by atoms with Gasteiger partial charge in [-0.1, -0.05) is 36.4 Å². The lowest BCUT2D eigenvalue weighted by Crippen LogP contribution is -2.48. The van der Waals surface area contributed by atoms with Crippen LogP contribution >= 0.6 is 72.8 Å². The summed E-state index contributed by atoms with van der Waals surface area (Å²) >= 11 is 9.36. The van der Waals surface area contributed by atoms with Gasteiger partial charge in [0.15, 0.2) is 0 Å². The summed E-state index contributed by atoms with van der Waals surface area (Å²) in [6.45, 7) is 11.5. The zero-order chi connectivity index (χ0) is 35.3. The number of hydrogen-bond acceptors (Lipinski definition) is 8. The number of para-hydroxylation sites is 2. The number of rotatable bonds is 4. The summed E-state index contributed by atoms with van der Waals surface area (Å²) in [5.74, 6) is -1.52. The highest BCUT2D eigenvalue weighted by Crippen LogP contribution is 2.20. The Bertz CT molecular complexity index is 1710. The van der Waals surface area contributed by atoms with E-state index in [1.165, 1.54) is 6.20 Å². The molecule has 2 aromatic heterocycles. The van der Waals surface area contributed by atoms with E-state index in [0.29, 0.717) is 29.6 Å². The quantitative estimate of drug-likeness (QED) is 0.0826. The van der Waals surface area contributed by atoms with E-state index >= 15 is 0 Å². The summed E-state index contributed by atoms with van der Waals surface area (Å²) < 4.78 is 5.24. The van der Waals surface area contributed by atoms with E-state index in [1.807, 2.05) is 57.2 Å². The van der Waals surface area contributed by atoms with Crippen LogP contribution in [0.15, 0.2) is 60.9 Å². The molecule has 2 saturated heterocycles. The Morgan fingerprint density at radius 1 is 0.694 bits per heavy atom. The lowest BCUT2D eigenvalue weighted by atomic mass is 10.1. The maximum atomic E-state index is 12.3. The molecule has 0 aliphatic carbocycles. The number of carbonyl (C=O) groups is 5. The molecule has 0 spiro atoms. The highest BCUT2D eigenvalue weighted by molar-refractivity contribution is 15.0. The molecule has 266 valence electrons. The molecule has 0 saturated carbocycles. The topological polar surface area (TPSA) is 157 Å². The number of fused-ring (bicyclic) bond motifs is 2. The standard InChI is InChI=1S/C14H15N3O2.C10H6ClNO2.C9H18N2O2.I2.HI/c18-13(14(19)17-7-5-15-6-8-17)11-9-16-12-4-2-1-3-10(11)12;11-10(14)9(13)7-5-12-8-4-2-1-3-6(7)8;1-9(2,3)13-8(12)11-6-4-10-5-7-11;1-2;/h1-4,9,15-16H,5-8H2;1-5,12H;10H,4-7H2,1-3H3;;1H. The fraction of sp³-hybridized carbons (Fsp3) is 0.364. The maximum Gasteiger partial charge on any atom is 0.410 e. The molecular weight excluding hydrogens is 993 g/mol. The average Bonchev–Trinajstić information content (AvgIpc) is 3.74. The van der Waals surface area contributed by atoms with Crippen molar-refractivity contribution in [2.24, 2.45) is 0 Å². The van der Waals surface area contributed by atoms with E-state index in [2.05, 4.69) is 57.8 Å². The maximum absolute atomic E-state index is 12.3. The van der Waals surface area contributed by atoms with Crippen molar-refractivity contribution in [3.8, 4) is 0 Å². The van der Waals surface area contributed by atoms with Crippen LogP contribution in [0.5, 0.6) is 0 Å². The van der Waals surface area contributed by atoms with Crippen molar-refractivity contribution < 1.29 is 28.7 Å². The molecule has 4 heterocycles. The Morgan fingerprint density at radius 2 is 1.10 bits per heavy atom. The molecule has 2 aromatic carbocycles. The molecule has 0 unspecified atom stereocenters. The van der Waals surface area contributed by atoms with Gasteiger partial charge in [-0.15, -0.1) is 24.0 Å². The molecule has 16 heteroatoms. The number of ketones is 2. The minimum absolute atomic E-state index is 0. The van der Waals surface area contributed by atoms with Gasteiger partial charge < -0.3 is 35.1 Å². The third-order valence-corrected chi connectivity index (χ3v) is 7.39. The zero-order valence-corrected chi connectivity index (χ0v) is 34.7. The summed E-state index contributed by atoms with van der Waals surface area (Å²) in [4.78, 5) is 67.2. The number of ether oxygens (including phenoxy) is 1. The molecule has 6 rings (SSSR count). The van der Waals surface area contributed by atoms with E-state index in [4.69, 9.17) is 16.3 Å². The number of benzene rings is 2. The van der Waals surface area contributed by atoms with E-state index in [0.717, 1.165) is 55.7 Å². The minimum atomic E-state index is -0.963. The Balaban J connectivity index is 0.000000252. The Labute approximate surface area is 330 Å². The van der Waals surface area contributed by atoms with E-state index in [1.54, 1.807) is 28.1 Å².